The number of thiazole rings is 1. The molecule has 2 aliphatic rings. The van der Waals surface area contributed by atoms with E-state index in [0.717, 1.165) is 43.2 Å². The fourth-order valence-corrected chi connectivity index (χ4v) is 3.33. The molecule has 0 spiro atoms. The van der Waals surface area contributed by atoms with E-state index >= 15 is 0 Å². The molecule has 0 radical (unpaired) electrons. The van der Waals surface area contributed by atoms with Gasteiger partial charge < -0.3 is 15.4 Å². The van der Waals surface area contributed by atoms with Crippen LogP contribution in [0.25, 0.3) is 0 Å². The lowest BCUT2D eigenvalue weighted by molar-refractivity contribution is -0.122. The number of carbonyl (C=O) groups excluding carboxylic acids is 1. The molecule has 0 atom stereocenters. The monoisotopic (exact) mass is 303 g/mol. The second-order valence-corrected chi connectivity index (χ2v) is 5.78. The van der Waals surface area contributed by atoms with Gasteiger partial charge in [0.15, 0.2) is 5.13 Å². The fourth-order valence-electron chi connectivity index (χ4n) is 2.35. The first kappa shape index (κ1) is 14.7. The van der Waals surface area contributed by atoms with E-state index in [0.29, 0.717) is 13.2 Å². The van der Waals surface area contributed by atoms with Crippen LogP contribution in [0.5, 0.6) is 0 Å². The van der Waals surface area contributed by atoms with Gasteiger partial charge in [0.25, 0.3) is 0 Å². The highest BCUT2D eigenvalue weighted by Crippen LogP contribution is 2.26. The lowest BCUT2D eigenvalue weighted by atomic mass is 10.00. The number of ether oxygens (including phenoxy) is 1. The first-order valence-corrected chi connectivity index (χ1v) is 7.22. The highest BCUT2D eigenvalue weighted by atomic mass is 35.5. The van der Waals surface area contributed by atoms with Gasteiger partial charge in [0, 0.05) is 43.5 Å². The Labute approximate surface area is 122 Å². The van der Waals surface area contributed by atoms with Crippen molar-refractivity contribution in [2.45, 2.75) is 25.8 Å². The number of hydrogen-bond acceptors (Lipinski definition) is 5. The minimum absolute atomic E-state index is 0. The summed E-state index contributed by atoms with van der Waals surface area (Å²) in [7, 11) is 0. The highest BCUT2D eigenvalue weighted by Gasteiger charge is 2.23. The van der Waals surface area contributed by atoms with Gasteiger partial charge in [-0.15, -0.1) is 23.7 Å². The van der Waals surface area contributed by atoms with E-state index < -0.39 is 0 Å². The van der Waals surface area contributed by atoms with E-state index in [-0.39, 0.29) is 24.2 Å². The lowest BCUT2D eigenvalue weighted by Crippen LogP contribution is -2.28. The summed E-state index contributed by atoms with van der Waals surface area (Å²) in [6, 6.07) is 0. The molecule has 3 heterocycles. The first-order chi connectivity index (χ1) is 8.83. The zero-order valence-corrected chi connectivity index (χ0v) is 12.2. The molecule has 5 nitrogen and oxygen atoms in total. The number of nitrogens with one attached hydrogen (secondary N) is 2. The molecule has 106 valence electrons. The van der Waals surface area contributed by atoms with Gasteiger partial charge in [0.2, 0.25) is 5.91 Å². The highest BCUT2D eigenvalue weighted by molar-refractivity contribution is 7.15. The minimum Gasteiger partial charge on any atom is -0.381 e. The van der Waals surface area contributed by atoms with Crippen LogP contribution >= 0.6 is 23.7 Å². The number of halogens is 1. The molecule has 2 N–H and O–H groups in total. The molecule has 1 aromatic heterocycles. The van der Waals surface area contributed by atoms with Crippen LogP contribution in [0.1, 0.15) is 23.4 Å². The molecule has 3 rings (SSSR count). The Morgan fingerprint density at radius 3 is 2.95 bits per heavy atom. The third-order valence-electron chi connectivity index (χ3n) is 3.42. The predicted molar refractivity (Wildman–Crippen MR) is 76.9 cm³/mol. The summed E-state index contributed by atoms with van der Waals surface area (Å²) in [4.78, 5) is 17.8. The molecule has 0 aliphatic carbocycles. The van der Waals surface area contributed by atoms with Crippen molar-refractivity contribution in [3.8, 4) is 0 Å². The second-order valence-electron chi connectivity index (χ2n) is 4.69. The van der Waals surface area contributed by atoms with Crippen molar-refractivity contribution in [2.24, 2.45) is 5.92 Å². The largest absolute Gasteiger partial charge is 0.381 e. The van der Waals surface area contributed by atoms with Crippen molar-refractivity contribution in [3.05, 3.63) is 10.6 Å². The van der Waals surface area contributed by atoms with Gasteiger partial charge in [0.1, 0.15) is 0 Å². The smallest absolute Gasteiger partial charge is 0.229 e. The van der Waals surface area contributed by atoms with Crippen molar-refractivity contribution in [1.82, 2.24) is 10.3 Å². The number of hydrogen-bond donors (Lipinski definition) is 2. The van der Waals surface area contributed by atoms with Crippen molar-refractivity contribution in [1.29, 1.82) is 0 Å². The summed E-state index contributed by atoms with van der Waals surface area (Å²) in [6.45, 7) is 3.23. The summed E-state index contributed by atoms with van der Waals surface area (Å²) in [5.74, 6) is 0.176. The number of rotatable bonds is 2. The minimum atomic E-state index is 0. The van der Waals surface area contributed by atoms with Crippen molar-refractivity contribution >= 4 is 34.8 Å². The molecule has 1 amide bonds. The average molecular weight is 304 g/mol. The summed E-state index contributed by atoms with van der Waals surface area (Å²) in [5, 5.41) is 7.02. The van der Waals surface area contributed by atoms with Crippen LogP contribution in [0.2, 0.25) is 0 Å². The quantitative estimate of drug-likeness (QED) is 0.871. The van der Waals surface area contributed by atoms with Gasteiger partial charge in [0.05, 0.1) is 5.69 Å². The van der Waals surface area contributed by atoms with Crippen molar-refractivity contribution < 1.29 is 9.53 Å². The zero-order valence-electron chi connectivity index (χ0n) is 10.6. The molecule has 2 aliphatic heterocycles. The molecule has 0 unspecified atom stereocenters. The molecule has 1 fully saturated rings. The third kappa shape index (κ3) is 3.45. The maximum absolute atomic E-state index is 12.1. The first-order valence-electron chi connectivity index (χ1n) is 6.41. The normalized spacial score (nSPS) is 19.4. The number of nitrogens with zero attached hydrogens (tertiary/aromatic N) is 1. The summed E-state index contributed by atoms with van der Waals surface area (Å²) < 4.78 is 5.27. The molecule has 7 heteroatoms. The molecule has 0 bridgehead atoms. The van der Waals surface area contributed by atoms with Gasteiger partial charge in [-0.25, -0.2) is 4.98 Å². The number of carbonyl (C=O) groups is 1. The number of aromatic nitrogens is 1. The van der Waals surface area contributed by atoms with E-state index in [1.54, 1.807) is 11.3 Å². The van der Waals surface area contributed by atoms with Gasteiger partial charge in [-0.1, -0.05) is 0 Å². The fraction of sp³-hybridized carbons (Fsp3) is 0.667. The summed E-state index contributed by atoms with van der Waals surface area (Å²) in [5.41, 5.74) is 1.14. The molecule has 0 aromatic carbocycles. The SMILES string of the molecule is Cl.O=C(Nc1nc2c(s1)CNCC2)C1CCOCC1. The van der Waals surface area contributed by atoms with E-state index in [4.69, 9.17) is 4.74 Å². The Balaban J connectivity index is 0.00000133. The van der Waals surface area contributed by atoms with Gasteiger partial charge in [-0.2, -0.15) is 0 Å². The Morgan fingerprint density at radius 2 is 2.21 bits per heavy atom. The summed E-state index contributed by atoms with van der Waals surface area (Å²) in [6.07, 6.45) is 2.59. The third-order valence-corrected chi connectivity index (χ3v) is 4.44. The molecular weight excluding hydrogens is 286 g/mol. The van der Waals surface area contributed by atoms with Crippen LogP contribution < -0.4 is 10.6 Å². The number of amides is 1. The average Bonchev–Trinajstić information content (AvgIpc) is 2.82. The van der Waals surface area contributed by atoms with E-state index in [2.05, 4.69) is 15.6 Å². The van der Waals surface area contributed by atoms with Gasteiger partial charge in [-0.3, -0.25) is 4.79 Å². The van der Waals surface area contributed by atoms with Crippen molar-refractivity contribution in [2.75, 3.05) is 25.1 Å². The van der Waals surface area contributed by atoms with E-state index in [1.807, 2.05) is 0 Å². The Morgan fingerprint density at radius 1 is 1.42 bits per heavy atom. The van der Waals surface area contributed by atoms with Crippen LogP contribution in [-0.2, 0) is 22.5 Å². The van der Waals surface area contributed by atoms with Crippen LogP contribution in [0.3, 0.4) is 0 Å². The maximum Gasteiger partial charge on any atom is 0.229 e. The molecule has 19 heavy (non-hydrogen) atoms. The molecule has 0 saturated carbocycles. The van der Waals surface area contributed by atoms with Crippen LogP contribution in [0.4, 0.5) is 5.13 Å². The topological polar surface area (TPSA) is 63.2 Å². The predicted octanol–water partition coefficient (Wildman–Crippen LogP) is 1.58. The van der Waals surface area contributed by atoms with Crippen LogP contribution in [0.15, 0.2) is 0 Å². The van der Waals surface area contributed by atoms with Crippen molar-refractivity contribution in [3.63, 3.8) is 0 Å². The second kappa shape index (κ2) is 6.65. The van der Waals surface area contributed by atoms with E-state index in [1.165, 1.54) is 4.88 Å². The Kier molecular flexibility index (Phi) is 5.15. The molecular formula is C12H18ClN3O2S. The maximum atomic E-state index is 12.1. The van der Waals surface area contributed by atoms with Gasteiger partial charge >= 0.3 is 0 Å². The molecule has 1 aromatic rings. The molecule has 1 saturated heterocycles. The zero-order chi connectivity index (χ0) is 12.4. The number of anilines is 1. The Hall–Kier alpha value is -0.690. The van der Waals surface area contributed by atoms with Gasteiger partial charge in [-0.05, 0) is 12.8 Å². The number of fused-ring (bicyclic) bond motifs is 1. The lowest BCUT2D eigenvalue weighted by Gasteiger charge is -2.20. The summed E-state index contributed by atoms with van der Waals surface area (Å²) >= 11 is 1.59. The van der Waals surface area contributed by atoms with Crippen LogP contribution in [-0.4, -0.2) is 30.6 Å². The van der Waals surface area contributed by atoms with Crippen LogP contribution in [0, 0.1) is 5.92 Å². The van der Waals surface area contributed by atoms with E-state index in [9.17, 15) is 4.79 Å². The standard InChI is InChI=1S/C12H17N3O2S.ClH/c16-11(8-2-5-17-6-3-8)15-12-14-9-1-4-13-7-10(9)18-12;/h8,13H,1-7H2,(H,14,15,16);1H. The Bertz CT molecular complexity index is 423.